The highest BCUT2D eigenvalue weighted by molar-refractivity contribution is 6.04. The molecule has 0 bridgehead atoms. The Balaban J connectivity index is 1.48. The topological polar surface area (TPSA) is 57.5 Å². The monoisotopic (exact) mass is 457 g/mol. The number of halogens is 1. The molecule has 1 aliphatic rings. The van der Waals surface area contributed by atoms with Gasteiger partial charge in [0.25, 0.3) is 5.91 Å². The number of methoxy groups -OCH3 is 1. The summed E-state index contributed by atoms with van der Waals surface area (Å²) in [7, 11) is 1.60. The van der Waals surface area contributed by atoms with Crippen LogP contribution in [0.3, 0.4) is 0 Å². The Bertz CT molecular complexity index is 1360. The third-order valence-corrected chi connectivity index (χ3v) is 6.42. The molecule has 0 saturated carbocycles. The quantitative estimate of drug-likeness (QED) is 0.381. The van der Waals surface area contributed by atoms with Crippen LogP contribution < -0.4 is 4.74 Å². The lowest BCUT2D eigenvalue weighted by Crippen LogP contribution is -2.26. The molecule has 5 rings (SSSR count). The van der Waals surface area contributed by atoms with E-state index in [0.717, 1.165) is 27.7 Å². The first-order valence-electron chi connectivity index (χ1n) is 11.3. The van der Waals surface area contributed by atoms with Gasteiger partial charge >= 0.3 is 5.97 Å². The van der Waals surface area contributed by atoms with Crippen LogP contribution in [0, 0.1) is 11.7 Å². The highest BCUT2D eigenvalue weighted by Gasteiger charge is 2.32. The van der Waals surface area contributed by atoms with Crippen molar-refractivity contribution in [3.05, 3.63) is 101 Å². The Morgan fingerprint density at radius 2 is 1.79 bits per heavy atom. The van der Waals surface area contributed by atoms with Crippen LogP contribution in [0.5, 0.6) is 5.75 Å². The predicted molar refractivity (Wildman–Crippen MR) is 126 cm³/mol. The fraction of sp³-hybridized carbons (Fsp3) is 0.214. The summed E-state index contributed by atoms with van der Waals surface area (Å²) in [4.78, 5) is 26.3. The SMILES string of the molecule is COc1ccc2c(c1)c1c(n2C(=O)c2ccc(F)cc2)CCC(C(=O)OCc2ccccc2)C1. The van der Waals surface area contributed by atoms with Crippen molar-refractivity contribution in [1.82, 2.24) is 4.57 Å². The number of carbonyl (C=O) groups excluding carboxylic acids is 2. The van der Waals surface area contributed by atoms with E-state index in [1.165, 1.54) is 24.3 Å². The molecule has 0 fully saturated rings. The minimum Gasteiger partial charge on any atom is -0.497 e. The molecule has 1 aromatic heterocycles. The maximum absolute atomic E-state index is 13.5. The number of nitrogens with zero attached hydrogens (tertiary/aromatic N) is 1. The van der Waals surface area contributed by atoms with Crippen LogP contribution >= 0.6 is 0 Å². The van der Waals surface area contributed by atoms with Crippen molar-refractivity contribution in [2.75, 3.05) is 7.11 Å². The Morgan fingerprint density at radius 1 is 1.03 bits per heavy atom. The fourth-order valence-corrected chi connectivity index (χ4v) is 4.67. The first-order chi connectivity index (χ1) is 16.5. The molecule has 1 heterocycles. The maximum Gasteiger partial charge on any atom is 0.309 e. The number of esters is 1. The molecule has 172 valence electrons. The standard InChI is InChI=1S/C28H24FNO4/c1-33-22-12-14-26-24(16-22)23-15-20(28(32)34-17-18-5-3-2-4-6-18)9-13-25(23)30(26)27(31)19-7-10-21(29)11-8-19/h2-8,10-12,14,16,20H,9,13,15,17H2,1H3. The normalized spacial score (nSPS) is 15.1. The third kappa shape index (κ3) is 4.07. The minimum absolute atomic E-state index is 0.221. The summed E-state index contributed by atoms with van der Waals surface area (Å²) in [6, 6.07) is 20.7. The van der Waals surface area contributed by atoms with Gasteiger partial charge in [-0.25, -0.2) is 4.39 Å². The number of carbonyl (C=O) groups is 2. The fourth-order valence-electron chi connectivity index (χ4n) is 4.67. The van der Waals surface area contributed by atoms with E-state index in [4.69, 9.17) is 9.47 Å². The first-order valence-corrected chi connectivity index (χ1v) is 11.3. The van der Waals surface area contributed by atoms with E-state index in [1.807, 2.05) is 48.5 Å². The van der Waals surface area contributed by atoms with E-state index < -0.39 is 5.82 Å². The number of fused-ring (bicyclic) bond motifs is 3. The molecule has 34 heavy (non-hydrogen) atoms. The van der Waals surface area contributed by atoms with E-state index in [-0.39, 0.29) is 24.4 Å². The molecule has 1 unspecified atom stereocenters. The molecule has 1 aliphatic carbocycles. The van der Waals surface area contributed by atoms with Gasteiger partial charge in [0, 0.05) is 16.6 Å². The Kier molecular flexibility index (Phi) is 5.88. The van der Waals surface area contributed by atoms with Crippen LogP contribution in [0.25, 0.3) is 10.9 Å². The number of ether oxygens (including phenoxy) is 2. The van der Waals surface area contributed by atoms with Crippen molar-refractivity contribution < 1.29 is 23.5 Å². The molecule has 0 aliphatic heterocycles. The molecule has 0 amide bonds. The lowest BCUT2D eigenvalue weighted by Gasteiger charge is -2.22. The molecule has 6 heteroatoms. The van der Waals surface area contributed by atoms with E-state index >= 15 is 0 Å². The van der Waals surface area contributed by atoms with E-state index in [2.05, 4.69) is 0 Å². The zero-order valence-corrected chi connectivity index (χ0v) is 18.8. The average Bonchev–Trinajstić information content (AvgIpc) is 3.20. The van der Waals surface area contributed by atoms with Crippen molar-refractivity contribution in [3.63, 3.8) is 0 Å². The van der Waals surface area contributed by atoms with Gasteiger partial charge in [-0.1, -0.05) is 30.3 Å². The molecular formula is C28H24FNO4. The van der Waals surface area contributed by atoms with Gasteiger partial charge in [-0.05, 0) is 72.9 Å². The Morgan fingerprint density at radius 3 is 2.53 bits per heavy atom. The maximum atomic E-state index is 13.5. The Hall–Kier alpha value is -3.93. The molecule has 0 spiro atoms. The number of hydrogen-bond donors (Lipinski definition) is 0. The highest BCUT2D eigenvalue weighted by atomic mass is 19.1. The molecule has 0 N–H and O–H groups in total. The highest BCUT2D eigenvalue weighted by Crippen LogP contribution is 2.37. The number of aromatic nitrogens is 1. The molecule has 0 saturated heterocycles. The predicted octanol–water partition coefficient (Wildman–Crippen LogP) is 5.33. The smallest absolute Gasteiger partial charge is 0.309 e. The minimum atomic E-state index is -0.391. The van der Waals surface area contributed by atoms with Crippen molar-refractivity contribution in [2.45, 2.75) is 25.9 Å². The van der Waals surface area contributed by atoms with Crippen LogP contribution in [-0.2, 0) is 29.0 Å². The van der Waals surface area contributed by atoms with Crippen LogP contribution in [0.4, 0.5) is 4.39 Å². The second-order valence-electron chi connectivity index (χ2n) is 8.49. The van der Waals surface area contributed by atoms with Gasteiger partial charge < -0.3 is 9.47 Å². The molecule has 3 aromatic carbocycles. The zero-order chi connectivity index (χ0) is 23.7. The average molecular weight is 458 g/mol. The molecule has 0 radical (unpaired) electrons. The van der Waals surface area contributed by atoms with Crippen LogP contribution in [-0.4, -0.2) is 23.6 Å². The summed E-state index contributed by atoms with van der Waals surface area (Å²) >= 11 is 0. The van der Waals surface area contributed by atoms with Gasteiger partial charge in [-0.2, -0.15) is 0 Å². The second kappa shape index (κ2) is 9.14. The zero-order valence-electron chi connectivity index (χ0n) is 18.8. The summed E-state index contributed by atoms with van der Waals surface area (Å²) < 4.78 is 26.1. The summed E-state index contributed by atoms with van der Waals surface area (Å²) in [5, 5.41) is 0.880. The van der Waals surface area contributed by atoms with Crippen molar-refractivity contribution in [1.29, 1.82) is 0 Å². The summed E-state index contributed by atoms with van der Waals surface area (Å²) in [5.41, 5.74) is 3.93. The van der Waals surface area contributed by atoms with Crippen LogP contribution in [0.1, 0.15) is 33.6 Å². The lowest BCUT2D eigenvalue weighted by atomic mass is 9.86. The molecule has 4 aromatic rings. The second-order valence-corrected chi connectivity index (χ2v) is 8.49. The van der Waals surface area contributed by atoms with E-state index in [1.54, 1.807) is 11.7 Å². The Labute approximate surface area is 196 Å². The van der Waals surface area contributed by atoms with Crippen molar-refractivity contribution >= 4 is 22.8 Å². The first kappa shape index (κ1) is 21.9. The van der Waals surface area contributed by atoms with Crippen LogP contribution in [0.2, 0.25) is 0 Å². The summed E-state index contributed by atoms with van der Waals surface area (Å²) in [6.07, 6.45) is 1.63. The number of rotatable bonds is 5. The largest absolute Gasteiger partial charge is 0.497 e. The van der Waals surface area contributed by atoms with Gasteiger partial charge in [0.1, 0.15) is 18.2 Å². The van der Waals surface area contributed by atoms with Gasteiger partial charge in [0.15, 0.2) is 0 Å². The molecule has 1 atom stereocenters. The van der Waals surface area contributed by atoms with E-state index in [9.17, 15) is 14.0 Å². The van der Waals surface area contributed by atoms with Crippen molar-refractivity contribution in [2.24, 2.45) is 5.92 Å². The summed E-state index contributed by atoms with van der Waals surface area (Å²) in [5.74, 6) is -0.458. The van der Waals surface area contributed by atoms with Gasteiger partial charge in [-0.3, -0.25) is 14.2 Å². The number of hydrogen-bond acceptors (Lipinski definition) is 4. The summed E-state index contributed by atoms with van der Waals surface area (Å²) in [6.45, 7) is 0.238. The van der Waals surface area contributed by atoms with Gasteiger partial charge in [-0.15, -0.1) is 0 Å². The van der Waals surface area contributed by atoms with Gasteiger partial charge in [0.05, 0.1) is 18.5 Å². The number of benzene rings is 3. The van der Waals surface area contributed by atoms with Crippen molar-refractivity contribution in [3.8, 4) is 5.75 Å². The van der Waals surface area contributed by atoms with Crippen LogP contribution in [0.15, 0.2) is 72.8 Å². The lowest BCUT2D eigenvalue weighted by molar-refractivity contribution is -0.150. The van der Waals surface area contributed by atoms with E-state index in [0.29, 0.717) is 30.6 Å². The molecule has 5 nitrogen and oxygen atoms in total. The molecular weight excluding hydrogens is 433 g/mol. The third-order valence-electron chi connectivity index (χ3n) is 6.42. The van der Waals surface area contributed by atoms with Gasteiger partial charge in [0.2, 0.25) is 0 Å².